The van der Waals surface area contributed by atoms with Gasteiger partial charge in [-0.2, -0.15) is 0 Å². The molecule has 0 aromatic rings. The van der Waals surface area contributed by atoms with Crippen molar-refractivity contribution in [2.75, 3.05) is 13.7 Å². The molecule has 6 atom stereocenters. The van der Waals surface area contributed by atoms with Gasteiger partial charge in [0.1, 0.15) is 0 Å². The molecule has 2 saturated carbocycles. The Bertz CT molecular complexity index is 682. The first-order valence-corrected chi connectivity index (χ1v) is 11.5. The number of ether oxygens (including phenoxy) is 2. The fourth-order valence-corrected chi connectivity index (χ4v) is 7.81. The van der Waals surface area contributed by atoms with Gasteiger partial charge in [0.15, 0.2) is 0 Å². The summed E-state index contributed by atoms with van der Waals surface area (Å²) in [6, 6.07) is 0. The molecule has 164 valence electrons. The summed E-state index contributed by atoms with van der Waals surface area (Å²) in [5, 5.41) is 0. The van der Waals surface area contributed by atoms with Crippen LogP contribution in [0.3, 0.4) is 0 Å². The molecule has 3 aliphatic rings. The van der Waals surface area contributed by atoms with Gasteiger partial charge in [0.2, 0.25) is 0 Å². The summed E-state index contributed by atoms with van der Waals surface area (Å²) in [6.45, 7) is 11.6. The zero-order chi connectivity index (χ0) is 21.4. The molecule has 0 unspecified atom stereocenters. The van der Waals surface area contributed by atoms with Gasteiger partial charge in [-0.1, -0.05) is 31.9 Å². The molecule has 0 radical (unpaired) electrons. The van der Waals surface area contributed by atoms with E-state index in [1.54, 1.807) is 0 Å². The van der Waals surface area contributed by atoms with Gasteiger partial charge in [-0.05, 0) is 87.9 Å². The summed E-state index contributed by atoms with van der Waals surface area (Å²) in [5.74, 6) is 1.20. The van der Waals surface area contributed by atoms with E-state index in [9.17, 15) is 9.59 Å². The third-order valence-corrected chi connectivity index (χ3v) is 9.16. The maximum atomic E-state index is 12.8. The summed E-state index contributed by atoms with van der Waals surface area (Å²) < 4.78 is 10.5. The molecule has 0 saturated heterocycles. The first-order chi connectivity index (χ1) is 13.6. The van der Waals surface area contributed by atoms with Gasteiger partial charge < -0.3 is 9.47 Å². The van der Waals surface area contributed by atoms with Gasteiger partial charge in [0.25, 0.3) is 0 Å². The van der Waals surface area contributed by atoms with Crippen LogP contribution in [0.5, 0.6) is 0 Å². The number of methoxy groups -OCH3 is 1. The highest BCUT2D eigenvalue weighted by Gasteiger charge is 2.63. The predicted octanol–water partition coefficient (Wildman–Crippen LogP) is 5.70. The SMILES string of the molecule is CCOC(=O)CC[C@@H]1C(C)=CC[C@H]2[C@@]1(C)CC[C@@H]1[C@]2(C)CCC[C@]1(C)C(=O)OC. The highest BCUT2D eigenvalue weighted by molar-refractivity contribution is 5.77. The minimum Gasteiger partial charge on any atom is -0.469 e. The van der Waals surface area contributed by atoms with Crippen LogP contribution in [0.15, 0.2) is 11.6 Å². The third kappa shape index (κ3) is 3.55. The molecule has 0 aliphatic heterocycles. The minimum atomic E-state index is -0.375. The number of hydrogen-bond donors (Lipinski definition) is 0. The van der Waals surface area contributed by atoms with Crippen LogP contribution in [0.1, 0.15) is 86.0 Å². The predicted molar refractivity (Wildman–Crippen MR) is 114 cm³/mol. The molecule has 0 amide bonds. The average Bonchev–Trinajstić information content (AvgIpc) is 2.66. The maximum absolute atomic E-state index is 12.8. The van der Waals surface area contributed by atoms with E-state index in [4.69, 9.17) is 9.47 Å². The van der Waals surface area contributed by atoms with Gasteiger partial charge in [-0.15, -0.1) is 0 Å². The number of fused-ring (bicyclic) bond motifs is 3. The van der Waals surface area contributed by atoms with Gasteiger partial charge in [0.05, 0.1) is 19.1 Å². The molecule has 0 N–H and O–H groups in total. The Hall–Kier alpha value is -1.32. The van der Waals surface area contributed by atoms with E-state index in [0.717, 1.165) is 38.5 Å². The van der Waals surface area contributed by atoms with Crippen molar-refractivity contribution in [2.45, 2.75) is 86.0 Å². The second-order valence-electron chi connectivity index (χ2n) is 10.5. The van der Waals surface area contributed by atoms with Gasteiger partial charge in [-0.25, -0.2) is 0 Å². The largest absolute Gasteiger partial charge is 0.469 e. The number of hydrogen-bond acceptors (Lipinski definition) is 4. The second kappa shape index (κ2) is 8.07. The zero-order valence-electron chi connectivity index (χ0n) is 19.3. The summed E-state index contributed by atoms with van der Waals surface area (Å²) in [4.78, 5) is 24.8. The first kappa shape index (κ1) is 22.4. The second-order valence-corrected chi connectivity index (χ2v) is 10.5. The van der Waals surface area contributed by atoms with E-state index < -0.39 is 0 Å². The Morgan fingerprint density at radius 3 is 2.48 bits per heavy atom. The Balaban J connectivity index is 1.91. The highest BCUT2D eigenvalue weighted by Crippen LogP contribution is 2.68. The van der Waals surface area contributed by atoms with E-state index in [0.29, 0.717) is 30.8 Å². The topological polar surface area (TPSA) is 52.6 Å². The smallest absolute Gasteiger partial charge is 0.311 e. The lowest BCUT2D eigenvalue weighted by Gasteiger charge is -2.65. The molecule has 0 spiro atoms. The molecule has 3 aliphatic carbocycles. The molecule has 3 rings (SSSR count). The molecule has 29 heavy (non-hydrogen) atoms. The van der Waals surface area contributed by atoms with Crippen LogP contribution in [0.25, 0.3) is 0 Å². The molecule has 0 heterocycles. The fraction of sp³-hybridized carbons (Fsp3) is 0.840. The summed E-state index contributed by atoms with van der Waals surface area (Å²) >= 11 is 0. The zero-order valence-corrected chi connectivity index (χ0v) is 19.3. The van der Waals surface area contributed by atoms with Crippen LogP contribution >= 0.6 is 0 Å². The van der Waals surface area contributed by atoms with Crippen molar-refractivity contribution in [3.05, 3.63) is 11.6 Å². The van der Waals surface area contributed by atoms with Crippen molar-refractivity contribution < 1.29 is 19.1 Å². The highest BCUT2D eigenvalue weighted by atomic mass is 16.5. The summed E-state index contributed by atoms with van der Waals surface area (Å²) in [7, 11) is 1.53. The van der Waals surface area contributed by atoms with Crippen LogP contribution in [0.2, 0.25) is 0 Å². The maximum Gasteiger partial charge on any atom is 0.311 e. The lowest BCUT2D eigenvalue weighted by molar-refractivity contribution is -0.184. The van der Waals surface area contributed by atoms with E-state index in [2.05, 4.69) is 33.8 Å². The Kier molecular flexibility index (Phi) is 6.23. The standard InChI is InChI=1S/C25H40O4/c1-7-29-21(26)12-10-18-17(2)9-11-19-23(18,3)16-13-20-24(19,4)14-8-15-25(20,5)22(27)28-6/h9,18-20H,7-8,10-16H2,1-6H3/t18-,19+,20-,23+,24-,25+/m1/s1. The lowest BCUT2D eigenvalue weighted by Crippen LogP contribution is -2.59. The van der Waals surface area contributed by atoms with Crippen molar-refractivity contribution in [1.82, 2.24) is 0 Å². The van der Waals surface area contributed by atoms with Gasteiger partial charge in [-0.3, -0.25) is 9.59 Å². The van der Waals surface area contributed by atoms with E-state index in [-0.39, 0.29) is 28.2 Å². The number of allylic oxidation sites excluding steroid dienone is 2. The van der Waals surface area contributed by atoms with E-state index in [1.807, 2.05) is 6.92 Å². The number of rotatable bonds is 5. The summed E-state index contributed by atoms with van der Waals surface area (Å²) in [6.07, 6.45) is 10.2. The number of esters is 2. The van der Waals surface area contributed by atoms with Crippen molar-refractivity contribution in [3.8, 4) is 0 Å². The molecule has 4 heteroatoms. The van der Waals surface area contributed by atoms with Crippen molar-refractivity contribution in [1.29, 1.82) is 0 Å². The summed E-state index contributed by atoms with van der Waals surface area (Å²) in [5.41, 5.74) is 1.36. The molecular formula is C25H40O4. The lowest BCUT2D eigenvalue weighted by atomic mass is 9.39. The Morgan fingerprint density at radius 1 is 1.10 bits per heavy atom. The monoisotopic (exact) mass is 404 g/mol. The third-order valence-electron chi connectivity index (χ3n) is 9.16. The first-order valence-electron chi connectivity index (χ1n) is 11.5. The van der Waals surface area contributed by atoms with E-state index in [1.165, 1.54) is 19.1 Å². The van der Waals surface area contributed by atoms with E-state index >= 15 is 0 Å². The number of carbonyl (C=O) groups excluding carboxylic acids is 2. The van der Waals surface area contributed by atoms with Crippen molar-refractivity contribution in [3.63, 3.8) is 0 Å². The van der Waals surface area contributed by atoms with Crippen LogP contribution in [0.4, 0.5) is 0 Å². The molecule has 0 aromatic heterocycles. The molecule has 4 nitrogen and oxygen atoms in total. The number of carbonyl (C=O) groups is 2. The fourth-order valence-electron chi connectivity index (χ4n) is 7.81. The minimum absolute atomic E-state index is 0.0292. The Labute approximate surface area is 176 Å². The molecule has 0 bridgehead atoms. The van der Waals surface area contributed by atoms with Crippen LogP contribution in [0, 0.1) is 34.0 Å². The average molecular weight is 405 g/mol. The normalized spacial score (nSPS) is 41.6. The van der Waals surface area contributed by atoms with Crippen molar-refractivity contribution in [2.24, 2.45) is 34.0 Å². The quantitative estimate of drug-likeness (QED) is 0.436. The Morgan fingerprint density at radius 2 is 1.83 bits per heavy atom. The van der Waals surface area contributed by atoms with Gasteiger partial charge in [0, 0.05) is 6.42 Å². The molecular weight excluding hydrogens is 364 g/mol. The van der Waals surface area contributed by atoms with Gasteiger partial charge >= 0.3 is 11.9 Å². The molecule has 2 fully saturated rings. The van der Waals surface area contributed by atoms with Crippen LogP contribution in [-0.4, -0.2) is 25.7 Å². The molecule has 0 aromatic carbocycles. The van der Waals surface area contributed by atoms with Crippen LogP contribution in [-0.2, 0) is 19.1 Å². The van der Waals surface area contributed by atoms with Crippen LogP contribution < -0.4 is 0 Å². The van der Waals surface area contributed by atoms with Crippen molar-refractivity contribution >= 4 is 11.9 Å².